The maximum absolute atomic E-state index is 13.3. The van der Waals surface area contributed by atoms with E-state index in [1.165, 1.54) is 12.1 Å². The predicted octanol–water partition coefficient (Wildman–Crippen LogP) is 3.81. The molecule has 0 radical (unpaired) electrons. The molecule has 8 heteroatoms. The standard InChI is InChI=1S/C21H20ClFN4O2/c22-16-4-2-6-18(14-16)26-9-11-27(12-10-26)20(28)8-7-19-24-21(25-29-19)15-3-1-5-17(23)13-15/h1-6,13-14H,7-12H2. The zero-order valence-corrected chi connectivity index (χ0v) is 16.5. The number of carbonyl (C=O) groups is 1. The van der Waals surface area contributed by atoms with Crippen molar-refractivity contribution in [3.63, 3.8) is 0 Å². The Bertz CT molecular complexity index is 1000. The van der Waals surface area contributed by atoms with Crippen LogP contribution in [0.4, 0.5) is 10.1 Å². The van der Waals surface area contributed by atoms with Gasteiger partial charge in [-0.15, -0.1) is 0 Å². The fourth-order valence-electron chi connectivity index (χ4n) is 3.36. The molecule has 29 heavy (non-hydrogen) atoms. The summed E-state index contributed by atoms with van der Waals surface area (Å²) in [5.74, 6) is 0.388. The fraction of sp³-hybridized carbons (Fsp3) is 0.286. The van der Waals surface area contributed by atoms with Crippen LogP contribution in [0.5, 0.6) is 0 Å². The van der Waals surface area contributed by atoms with Gasteiger partial charge in [0, 0.05) is 55.3 Å². The molecular formula is C21H20ClFN4O2. The van der Waals surface area contributed by atoms with Gasteiger partial charge in [-0.1, -0.05) is 35.0 Å². The Labute approximate surface area is 172 Å². The number of halogens is 2. The lowest BCUT2D eigenvalue weighted by Crippen LogP contribution is -2.48. The third kappa shape index (κ3) is 4.74. The van der Waals surface area contributed by atoms with Gasteiger partial charge in [-0.2, -0.15) is 4.98 Å². The first-order chi connectivity index (χ1) is 14.1. The topological polar surface area (TPSA) is 62.5 Å². The summed E-state index contributed by atoms with van der Waals surface area (Å²) in [5.41, 5.74) is 1.61. The monoisotopic (exact) mass is 414 g/mol. The van der Waals surface area contributed by atoms with E-state index in [0.29, 0.717) is 48.2 Å². The Morgan fingerprint density at radius 2 is 1.90 bits per heavy atom. The number of rotatable bonds is 5. The van der Waals surface area contributed by atoms with E-state index in [1.807, 2.05) is 29.2 Å². The van der Waals surface area contributed by atoms with Gasteiger partial charge in [0.25, 0.3) is 0 Å². The molecule has 1 fully saturated rings. The summed E-state index contributed by atoms with van der Waals surface area (Å²) in [5, 5.41) is 4.58. The van der Waals surface area contributed by atoms with Crippen molar-refractivity contribution in [3.8, 4) is 11.4 Å². The highest BCUT2D eigenvalue weighted by Crippen LogP contribution is 2.21. The molecule has 1 aromatic heterocycles. The van der Waals surface area contributed by atoms with E-state index in [9.17, 15) is 9.18 Å². The predicted molar refractivity (Wildman–Crippen MR) is 108 cm³/mol. The molecule has 0 bridgehead atoms. The molecule has 2 heterocycles. The number of carbonyl (C=O) groups excluding carboxylic acids is 1. The molecule has 3 aromatic rings. The molecule has 1 saturated heterocycles. The smallest absolute Gasteiger partial charge is 0.227 e. The van der Waals surface area contributed by atoms with Gasteiger partial charge in [0.1, 0.15) is 5.82 Å². The molecule has 4 rings (SSSR count). The second-order valence-electron chi connectivity index (χ2n) is 6.87. The second kappa shape index (κ2) is 8.61. The van der Waals surface area contributed by atoms with Crippen LogP contribution in [0, 0.1) is 5.82 Å². The lowest BCUT2D eigenvalue weighted by Gasteiger charge is -2.36. The summed E-state index contributed by atoms with van der Waals surface area (Å²) in [6, 6.07) is 13.7. The Morgan fingerprint density at radius 1 is 1.10 bits per heavy atom. The molecular weight excluding hydrogens is 395 g/mol. The van der Waals surface area contributed by atoms with Gasteiger partial charge in [0.15, 0.2) is 0 Å². The van der Waals surface area contributed by atoms with Crippen LogP contribution in [0.15, 0.2) is 53.1 Å². The summed E-state index contributed by atoms with van der Waals surface area (Å²) in [4.78, 5) is 20.9. The van der Waals surface area contributed by atoms with Crippen LogP contribution in [0.3, 0.4) is 0 Å². The third-order valence-electron chi connectivity index (χ3n) is 4.91. The first-order valence-electron chi connectivity index (χ1n) is 9.45. The minimum atomic E-state index is -0.360. The average Bonchev–Trinajstić information content (AvgIpc) is 3.21. The van der Waals surface area contributed by atoms with Crippen molar-refractivity contribution in [2.24, 2.45) is 0 Å². The minimum absolute atomic E-state index is 0.0567. The lowest BCUT2D eigenvalue weighted by atomic mass is 10.2. The summed E-state index contributed by atoms with van der Waals surface area (Å²) < 4.78 is 18.5. The molecule has 1 aliphatic rings. The zero-order chi connectivity index (χ0) is 20.2. The van der Waals surface area contributed by atoms with Crippen molar-refractivity contribution in [1.29, 1.82) is 0 Å². The number of hydrogen-bond donors (Lipinski definition) is 0. The summed E-state index contributed by atoms with van der Waals surface area (Å²) in [7, 11) is 0. The Morgan fingerprint density at radius 3 is 2.66 bits per heavy atom. The molecule has 0 aliphatic carbocycles. The van der Waals surface area contributed by atoms with Crippen molar-refractivity contribution < 1.29 is 13.7 Å². The Hall–Kier alpha value is -2.93. The number of amides is 1. The number of piperazine rings is 1. The van der Waals surface area contributed by atoms with Crippen LogP contribution in [-0.2, 0) is 11.2 Å². The number of nitrogens with zero attached hydrogens (tertiary/aromatic N) is 4. The molecule has 2 aromatic carbocycles. The number of aryl methyl sites for hydroxylation is 1. The maximum atomic E-state index is 13.3. The molecule has 0 saturated carbocycles. The van der Waals surface area contributed by atoms with Gasteiger partial charge >= 0.3 is 0 Å². The van der Waals surface area contributed by atoms with Crippen molar-refractivity contribution in [1.82, 2.24) is 15.0 Å². The van der Waals surface area contributed by atoms with E-state index in [0.717, 1.165) is 18.8 Å². The Kier molecular flexibility index (Phi) is 5.76. The highest BCUT2D eigenvalue weighted by atomic mass is 35.5. The largest absolute Gasteiger partial charge is 0.368 e. The highest BCUT2D eigenvalue weighted by Gasteiger charge is 2.22. The number of anilines is 1. The van der Waals surface area contributed by atoms with Crippen molar-refractivity contribution in [3.05, 3.63) is 65.3 Å². The van der Waals surface area contributed by atoms with Gasteiger partial charge in [0.2, 0.25) is 17.6 Å². The highest BCUT2D eigenvalue weighted by molar-refractivity contribution is 6.30. The molecule has 0 N–H and O–H groups in total. The first kappa shape index (κ1) is 19.4. The van der Waals surface area contributed by atoms with Crippen LogP contribution < -0.4 is 4.90 Å². The van der Waals surface area contributed by atoms with Crippen molar-refractivity contribution in [2.75, 3.05) is 31.1 Å². The van der Waals surface area contributed by atoms with Crippen LogP contribution >= 0.6 is 11.6 Å². The van der Waals surface area contributed by atoms with Gasteiger partial charge in [0.05, 0.1) is 0 Å². The van der Waals surface area contributed by atoms with Gasteiger partial charge in [-0.25, -0.2) is 4.39 Å². The molecule has 150 valence electrons. The van der Waals surface area contributed by atoms with E-state index in [1.54, 1.807) is 12.1 Å². The van der Waals surface area contributed by atoms with Crippen LogP contribution in [0.1, 0.15) is 12.3 Å². The molecule has 1 amide bonds. The first-order valence-corrected chi connectivity index (χ1v) is 9.83. The van der Waals surface area contributed by atoms with E-state index >= 15 is 0 Å². The normalized spacial score (nSPS) is 14.3. The zero-order valence-electron chi connectivity index (χ0n) is 15.7. The van der Waals surface area contributed by atoms with Crippen molar-refractivity contribution in [2.45, 2.75) is 12.8 Å². The fourth-order valence-corrected chi connectivity index (χ4v) is 3.54. The van der Waals surface area contributed by atoms with Crippen molar-refractivity contribution >= 4 is 23.2 Å². The summed E-state index contributed by atoms with van der Waals surface area (Å²) in [6.45, 7) is 2.83. The Balaban J connectivity index is 1.29. The van der Waals surface area contributed by atoms with Crippen LogP contribution in [0.2, 0.25) is 5.02 Å². The number of hydrogen-bond acceptors (Lipinski definition) is 5. The molecule has 0 unspecified atom stereocenters. The molecule has 0 atom stereocenters. The van der Waals surface area contributed by atoms with Gasteiger partial charge in [-0.05, 0) is 30.3 Å². The number of aromatic nitrogens is 2. The number of benzene rings is 2. The van der Waals surface area contributed by atoms with E-state index in [2.05, 4.69) is 15.0 Å². The second-order valence-corrected chi connectivity index (χ2v) is 7.31. The summed E-state index contributed by atoms with van der Waals surface area (Å²) >= 11 is 6.06. The summed E-state index contributed by atoms with van der Waals surface area (Å²) in [6.07, 6.45) is 0.650. The van der Waals surface area contributed by atoms with Gasteiger partial charge < -0.3 is 14.3 Å². The quantitative estimate of drug-likeness (QED) is 0.635. The lowest BCUT2D eigenvalue weighted by molar-refractivity contribution is -0.131. The van der Waals surface area contributed by atoms with Crippen LogP contribution in [-0.4, -0.2) is 47.1 Å². The molecule has 1 aliphatic heterocycles. The third-order valence-corrected chi connectivity index (χ3v) is 5.14. The van der Waals surface area contributed by atoms with E-state index in [4.69, 9.17) is 16.1 Å². The maximum Gasteiger partial charge on any atom is 0.227 e. The average molecular weight is 415 g/mol. The van der Waals surface area contributed by atoms with Crippen LogP contribution in [0.25, 0.3) is 11.4 Å². The van der Waals surface area contributed by atoms with E-state index in [-0.39, 0.29) is 11.7 Å². The van der Waals surface area contributed by atoms with Gasteiger partial charge in [-0.3, -0.25) is 4.79 Å². The molecule has 6 nitrogen and oxygen atoms in total. The molecule has 0 spiro atoms. The van der Waals surface area contributed by atoms with E-state index < -0.39 is 0 Å². The SMILES string of the molecule is O=C(CCc1nc(-c2cccc(F)c2)no1)N1CCN(c2cccc(Cl)c2)CC1. The minimum Gasteiger partial charge on any atom is -0.368 e.